The zero-order valence-electron chi connectivity index (χ0n) is 26.2. The first-order chi connectivity index (χ1) is 23.8. The van der Waals surface area contributed by atoms with E-state index in [1.807, 2.05) is 0 Å². The summed E-state index contributed by atoms with van der Waals surface area (Å²) in [6.07, 6.45) is 6.56. The maximum absolute atomic E-state index is 4.00. The van der Waals surface area contributed by atoms with Gasteiger partial charge in [-0.2, -0.15) is 0 Å². The SMILES string of the molecule is C1=c2ccc([nH]2)=Cc2cc(-c3ccccc3)c([nH]2)C(c2ccccc2)=c2[nH]c(c(-c3ccccc3)c2-c2ccccc2)=Cc2ccc1[nH]2. The zero-order valence-corrected chi connectivity index (χ0v) is 26.2. The molecule has 0 unspecified atom stereocenters. The van der Waals surface area contributed by atoms with Gasteiger partial charge in [-0.3, -0.25) is 0 Å². The normalized spacial score (nSPS) is 12.2. The van der Waals surface area contributed by atoms with Crippen LogP contribution in [-0.2, 0) is 0 Å². The Balaban J connectivity index is 1.52. The van der Waals surface area contributed by atoms with E-state index in [2.05, 4.69) is 190 Å². The molecule has 1 aliphatic rings. The summed E-state index contributed by atoms with van der Waals surface area (Å²) in [5.74, 6) is 0. The third-order valence-electron chi connectivity index (χ3n) is 9.02. The fourth-order valence-electron chi connectivity index (χ4n) is 6.91. The molecule has 8 aromatic rings. The van der Waals surface area contributed by atoms with Crippen molar-refractivity contribution in [1.82, 2.24) is 19.9 Å². The van der Waals surface area contributed by atoms with E-state index in [-0.39, 0.29) is 0 Å². The van der Waals surface area contributed by atoms with Crippen LogP contribution in [0.25, 0.3) is 57.2 Å². The molecule has 4 N–H and O–H groups in total. The van der Waals surface area contributed by atoms with E-state index in [4.69, 9.17) is 0 Å². The second-order valence-corrected chi connectivity index (χ2v) is 12.2. The van der Waals surface area contributed by atoms with Crippen LogP contribution in [0.1, 0.15) is 28.3 Å². The molecular weight excluding hydrogens is 585 g/mol. The van der Waals surface area contributed by atoms with Gasteiger partial charge in [0.25, 0.3) is 0 Å². The molecule has 48 heavy (non-hydrogen) atoms. The molecule has 1 aliphatic heterocycles. The first-order valence-electron chi connectivity index (χ1n) is 16.3. The summed E-state index contributed by atoms with van der Waals surface area (Å²) >= 11 is 0. The molecule has 0 aliphatic carbocycles. The lowest BCUT2D eigenvalue weighted by atomic mass is 9.92. The first-order valence-corrected chi connectivity index (χ1v) is 16.3. The fraction of sp³-hybridized carbons (Fsp3) is 0. The number of hydrogen-bond donors (Lipinski definition) is 4. The van der Waals surface area contributed by atoms with Gasteiger partial charge in [0.2, 0.25) is 0 Å². The van der Waals surface area contributed by atoms with Crippen molar-refractivity contribution in [1.29, 1.82) is 0 Å². The molecule has 4 nitrogen and oxygen atoms in total. The maximum Gasteiger partial charge on any atom is 0.0572 e. The summed E-state index contributed by atoms with van der Waals surface area (Å²) in [7, 11) is 0. The van der Waals surface area contributed by atoms with Crippen LogP contribution in [0.15, 0.2) is 152 Å². The molecule has 228 valence electrons. The van der Waals surface area contributed by atoms with Gasteiger partial charge in [0.1, 0.15) is 0 Å². The maximum atomic E-state index is 4.00. The Hall–Kier alpha value is -6.52. The molecule has 4 aromatic heterocycles. The predicted octanol–water partition coefficient (Wildman–Crippen LogP) is 7.05. The minimum atomic E-state index is 1.02. The topological polar surface area (TPSA) is 63.2 Å². The number of fused-ring (bicyclic) bond motifs is 8. The number of nitrogens with one attached hydrogen (secondary N) is 4. The monoisotopic (exact) mass is 616 g/mol. The van der Waals surface area contributed by atoms with Crippen LogP contribution < -0.4 is 21.4 Å². The Morgan fingerprint density at radius 2 is 0.875 bits per heavy atom. The lowest BCUT2D eigenvalue weighted by Crippen LogP contribution is -2.17. The number of hydrogen-bond acceptors (Lipinski definition) is 0. The van der Waals surface area contributed by atoms with Crippen molar-refractivity contribution in [3.05, 3.63) is 201 Å². The summed E-state index contributed by atoms with van der Waals surface area (Å²) in [5, 5.41) is 4.15. The van der Waals surface area contributed by atoms with Crippen molar-refractivity contribution in [2.45, 2.75) is 0 Å². The molecule has 8 bridgehead atoms. The lowest BCUT2D eigenvalue weighted by molar-refractivity contribution is 1.22. The quantitative estimate of drug-likeness (QED) is 0.164. The molecule has 0 saturated heterocycles. The summed E-state index contributed by atoms with van der Waals surface area (Å²) in [6, 6.07) is 53.6. The Kier molecular flexibility index (Phi) is 6.76. The van der Waals surface area contributed by atoms with E-state index in [0.29, 0.717) is 0 Å². The number of aromatic nitrogens is 4. The molecule has 5 heterocycles. The van der Waals surface area contributed by atoms with Gasteiger partial charge in [-0.1, -0.05) is 121 Å². The second kappa shape index (κ2) is 11.7. The van der Waals surface area contributed by atoms with Crippen LogP contribution in [0.5, 0.6) is 0 Å². The van der Waals surface area contributed by atoms with Gasteiger partial charge in [-0.05, 0) is 70.8 Å². The minimum Gasteiger partial charge on any atom is -0.355 e. The summed E-state index contributed by atoms with van der Waals surface area (Å²) in [5.41, 5.74) is 13.2. The van der Waals surface area contributed by atoms with E-state index in [1.54, 1.807) is 0 Å². The van der Waals surface area contributed by atoms with Crippen LogP contribution in [-0.4, -0.2) is 19.9 Å². The number of benzene rings is 4. The van der Waals surface area contributed by atoms with Gasteiger partial charge < -0.3 is 19.9 Å². The molecular formula is C44H32N4. The van der Waals surface area contributed by atoms with E-state index < -0.39 is 0 Å². The average Bonchev–Trinajstić information content (AvgIpc) is 3.94. The van der Waals surface area contributed by atoms with E-state index >= 15 is 0 Å². The number of H-pyrrole nitrogens is 4. The van der Waals surface area contributed by atoms with Crippen LogP contribution in [0.4, 0.5) is 0 Å². The smallest absolute Gasteiger partial charge is 0.0572 e. The summed E-state index contributed by atoms with van der Waals surface area (Å²) < 4.78 is 0. The van der Waals surface area contributed by atoms with Crippen molar-refractivity contribution in [2.24, 2.45) is 0 Å². The molecule has 4 aromatic carbocycles. The van der Waals surface area contributed by atoms with Crippen LogP contribution in [0, 0.1) is 0 Å². The molecule has 0 fully saturated rings. The standard InChI is InChI=1S/C44H32N4/c1-5-13-29(14-6-1)38-27-37-26-35-22-21-33(45-35)25-34-23-24-36(46-34)28-39-40(30-15-7-2-8-16-30)41(31-17-9-3-10-18-31)44(48-39)42(43(38)47-37)32-19-11-4-12-20-32/h1-28,45-48H. The predicted molar refractivity (Wildman–Crippen MR) is 197 cm³/mol. The van der Waals surface area contributed by atoms with Crippen molar-refractivity contribution < 1.29 is 0 Å². The van der Waals surface area contributed by atoms with Gasteiger partial charge in [0.15, 0.2) is 0 Å². The Morgan fingerprint density at radius 3 is 1.50 bits per heavy atom. The van der Waals surface area contributed by atoms with Crippen LogP contribution >= 0.6 is 0 Å². The molecule has 0 amide bonds. The molecule has 0 radical (unpaired) electrons. The third kappa shape index (κ3) is 5.06. The zero-order chi connectivity index (χ0) is 31.9. The molecule has 4 heteroatoms. The van der Waals surface area contributed by atoms with E-state index in [9.17, 15) is 0 Å². The molecule has 0 atom stereocenters. The summed E-state index contributed by atoms with van der Waals surface area (Å²) in [4.78, 5) is 15.1. The largest absolute Gasteiger partial charge is 0.355 e. The number of rotatable bonds is 4. The highest BCUT2D eigenvalue weighted by molar-refractivity contribution is 5.93. The molecule has 0 saturated carbocycles. The first kappa shape index (κ1) is 27.8. The highest BCUT2D eigenvalue weighted by atomic mass is 14.8. The van der Waals surface area contributed by atoms with E-state index in [0.717, 1.165) is 88.7 Å². The highest BCUT2D eigenvalue weighted by Gasteiger charge is 2.22. The van der Waals surface area contributed by atoms with Gasteiger partial charge in [0, 0.05) is 55.4 Å². The summed E-state index contributed by atoms with van der Waals surface area (Å²) in [6.45, 7) is 0. The Bertz CT molecular complexity index is 2630. The number of aromatic amines is 4. The Morgan fingerprint density at radius 1 is 0.354 bits per heavy atom. The third-order valence-corrected chi connectivity index (χ3v) is 9.02. The molecule has 0 spiro atoms. The molecule has 9 rings (SSSR count). The second-order valence-electron chi connectivity index (χ2n) is 12.2. The van der Waals surface area contributed by atoms with Crippen molar-refractivity contribution in [2.75, 3.05) is 0 Å². The van der Waals surface area contributed by atoms with Crippen LogP contribution in [0.3, 0.4) is 0 Å². The Labute approximate surface area is 277 Å². The van der Waals surface area contributed by atoms with Crippen molar-refractivity contribution >= 4 is 23.8 Å². The van der Waals surface area contributed by atoms with Gasteiger partial charge in [-0.15, -0.1) is 0 Å². The minimum absolute atomic E-state index is 1.02. The fourth-order valence-corrected chi connectivity index (χ4v) is 6.91. The average molecular weight is 617 g/mol. The van der Waals surface area contributed by atoms with Crippen molar-refractivity contribution in [3.8, 4) is 33.4 Å². The van der Waals surface area contributed by atoms with Gasteiger partial charge in [-0.25, -0.2) is 0 Å². The van der Waals surface area contributed by atoms with Crippen molar-refractivity contribution in [3.63, 3.8) is 0 Å². The van der Waals surface area contributed by atoms with E-state index in [1.165, 1.54) is 0 Å². The van der Waals surface area contributed by atoms with Gasteiger partial charge >= 0.3 is 0 Å². The highest BCUT2D eigenvalue weighted by Crippen LogP contribution is 2.34. The van der Waals surface area contributed by atoms with Crippen LogP contribution in [0.2, 0.25) is 0 Å². The lowest BCUT2D eigenvalue weighted by Gasteiger charge is -2.12. The van der Waals surface area contributed by atoms with Gasteiger partial charge in [0.05, 0.1) is 11.0 Å².